The summed E-state index contributed by atoms with van der Waals surface area (Å²) in [5, 5.41) is 0.955. The maximum absolute atomic E-state index is 6.00. The maximum atomic E-state index is 6.00. The fraction of sp³-hybridized carbons (Fsp3) is 0.440. The van der Waals surface area contributed by atoms with Crippen LogP contribution in [-0.4, -0.2) is 72.4 Å². The number of hydrogen-bond donors (Lipinski definition) is 1. The molecule has 0 unspecified atom stereocenters. The monoisotopic (exact) mass is 459 g/mol. The zero-order valence-electron chi connectivity index (χ0n) is 19.6. The van der Waals surface area contributed by atoms with E-state index in [9.17, 15) is 0 Å². The molecule has 0 saturated carbocycles. The van der Waals surface area contributed by atoms with Crippen molar-refractivity contribution in [1.82, 2.24) is 15.0 Å². The smallest absolute Gasteiger partial charge is 0.229 e. The number of ether oxygens (including phenoxy) is 2. The lowest BCUT2D eigenvalue weighted by Gasteiger charge is -2.37. The molecule has 2 N–H and O–H groups in total. The molecule has 9 heteroatoms. The van der Waals surface area contributed by atoms with Crippen molar-refractivity contribution in [3.8, 4) is 11.3 Å². The molecule has 2 saturated heterocycles. The third kappa shape index (κ3) is 3.65. The lowest BCUT2D eigenvalue weighted by atomic mass is 10.0. The molecule has 9 nitrogen and oxygen atoms in total. The molecule has 5 heterocycles. The first kappa shape index (κ1) is 21.2. The summed E-state index contributed by atoms with van der Waals surface area (Å²) < 4.78 is 11.3. The van der Waals surface area contributed by atoms with Crippen molar-refractivity contribution in [2.24, 2.45) is 10.7 Å². The second kappa shape index (κ2) is 8.48. The average Bonchev–Trinajstić information content (AvgIpc) is 3.23. The zero-order chi connectivity index (χ0) is 23.2. The maximum Gasteiger partial charge on any atom is 0.229 e. The predicted molar refractivity (Wildman–Crippen MR) is 132 cm³/mol. The largest absolute Gasteiger partial charge is 0.383 e. The molecule has 0 bridgehead atoms. The number of anilines is 2. The van der Waals surface area contributed by atoms with E-state index in [2.05, 4.69) is 52.9 Å². The van der Waals surface area contributed by atoms with Crippen molar-refractivity contribution in [2.75, 3.05) is 49.3 Å². The van der Waals surface area contributed by atoms with Gasteiger partial charge in [-0.1, -0.05) is 12.1 Å². The van der Waals surface area contributed by atoms with Crippen LogP contribution in [0.2, 0.25) is 0 Å². The summed E-state index contributed by atoms with van der Waals surface area (Å²) in [7, 11) is 0. The van der Waals surface area contributed by atoms with E-state index in [4.69, 9.17) is 30.2 Å². The average molecular weight is 460 g/mol. The Bertz CT molecular complexity index is 1280. The van der Waals surface area contributed by atoms with Gasteiger partial charge in [0.2, 0.25) is 5.95 Å². The van der Waals surface area contributed by atoms with Crippen LogP contribution in [0.3, 0.4) is 0 Å². The van der Waals surface area contributed by atoms with Crippen LogP contribution >= 0.6 is 0 Å². The minimum absolute atomic E-state index is 0.200. The van der Waals surface area contributed by atoms with Crippen molar-refractivity contribution in [3.05, 3.63) is 41.5 Å². The highest BCUT2D eigenvalue weighted by Crippen LogP contribution is 2.32. The number of pyridine rings is 1. The van der Waals surface area contributed by atoms with Gasteiger partial charge in [-0.15, -0.1) is 0 Å². The minimum atomic E-state index is 0.200. The molecule has 6 rings (SSSR count). The fourth-order valence-corrected chi connectivity index (χ4v) is 4.95. The van der Waals surface area contributed by atoms with E-state index in [-0.39, 0.29) is 12.1 Å². The summed E-state index contributed by atoms with van der Waals surface area (Å²) in [6.45, 7) is 9.18. The molecule has 2 aromatic heterocycles. The molecule has 0 radical (unpaired) electrons. The number of hydrogen-bond acceptors (Lipinski definition) is 9. The number of amidine groups is 1. The molecule has 0 aliphatic carbocycles. The first-order valence-electron chi connectivity index (χ1n) is 11.9. The van der Waals surface area contributed by atoms with E-state index in [1.165, 1.54) is 0 Å². The Kier molecular flexibility index (Phi) is 5.30. The summed E-state index contributed by atoms with van der Waals surface area (Å²) in [6.07, 6.45) is 0. The van der Waals surface area contributed by atoms with Crippen molar-refractivity contribution >= 4 is 28.6 Å². The van der Waals surface area contributed by atoms with E-state index in [0.717, 1.165) is 46.7 Å². The highest BCUT2D eigenvalue weighted by Gasteiger charge is 2.27. The van der Waals surface area contributed by atoms with E-state index >= 15 is 0 Å². The molecular weight excluding hydrogens is 430 g/mol. The van der Waals surface area contributed by atoms with Gasteiger partial charge in [0.1, 0.15) is 11.7 Å². The summed E-state index contributed by atoms with van der Waals surface area (Å²) in [5.41, 5.74) is 10.8. The lowest BCUT2D eigenvalue weighted by Crippen LogP contribution is -2.46. The van der Waals surface area contributed by atoms with Crippen LogP contribution in [0.15, 0.2) is 35.3 Å². The number of nitrogens with two attached hydrogens (primary N) is 1. The van der Waals surface area contributed by atoms with Crippen LogP contribution in [0.5, 0.6) is 0 Å². The molecule has 2 atom stereocenters. The van der Waals surface area contributed by atoms with Crippen LogP contribution < -0.4 is 15.5 Å². The van der Waals surface area contributed by atoms with Crippen LogP contribution in [0, 0.1) is 0 Å². The standard InChI is InChI=1S/C25H29N7O2/c1-15-13-33-9-7-31(15)24-20-5-6-21(17-3-4-19-18(11-17)12-27-22(19)26)28-23(20)29-25(30-24)32-8-10-34-14-16(32)2/h3-6,11,15-16H,7-10,12-14H2,1-2H3,(H2,26,27)/t15-,16-/m0/s1. The molecule has 3 aliphatic heterocycles. The third-order valence-electron chi connectivity index (χ3n) is 6.89. The normalized spacial score (nSPS) is 22.7. The van der Waals surface area contributed by atoms with E-state index < -0.39 is 0 Å². The Labute approximate surface area is 198 Å². The Hall–Kier alpha value is -3.30. The summed E-state index contributed by atoms with van der Waals surface area (Å²) in [4.78, 5) is 23.9. The number of aliphatic imine (C=N–C) groups is 1. The molecule has 2 fully saturated rings. The second-order valence-electron chi connectivity index (χ2n) is 9.22. The van der Waals surface area contributed by atoms with Gasteiger partial charge >= 0.3 is 0 Å². The third-order valence-corrected chi connectivity index (χ3v) is 6.89. The highest BCUT2D eigenvalue weighted by atomic mass is 16.5. The van der Waals surface area contributed by atoms with Gasteiger partial charge < -0.3 is 25.0 Å². The summed E-state index contributed by atoms with van der Waals surface area (Å²) in [5.74, 6) is 2.23. The van der Waals surface area contributed by atoms with Crippen molar-refractivity contribution < 1.29 is 9.47 Å². The van der Waals surface area contributed by atoms with Gasteiger partial charge in [-0.25, -0.2) is 4.98 Å². The lowest BCUT2D eigenvalue weighted by molar-refractivity contribution is 0.0973. The first-order valence-corrected chi connectivity index (χ1v) is 11.9. The van der Waals surface area contributed by atoms with Gasteiger partial charge in [0, 0.05) is 24.2 Å². The van der Waals surface area contributed by atoms with Gasteiger partial charge in [-0.2, -0.15) is 9.97 Å². The summed E-state index contributed by atoms with van der Waals surface area (Å²) in [6, 6.07) is 10.8. The number of morpholine rings is 2. The van der Waals surface area contributed by atoms with Gasteiger partial charge in [-0.05, 0) is 37.6 Å². The van der Waals surface area contributed by atoms with E-state index in [1.807, 2.05) is 6.07 Å². The van der Waals surface area contributed by atoms with Gasteiger partial charge in [0.05, 0.1) is 56.1 Å². The molecule has 1 aromatic carbocycles. The van der Waals surface area contributed by atoms with Crippen LogP contribution in [0.4, 0.5) is 11.8 Å². The fourth-order valence-electron chi connectivity index (χ4n) is 4.95. The Balaban J connectivity index is 1.47. The predicted octanol–water partition coefficient (Wildman–Crippen LogP) is 2.36. The van der Waals surface area contributed by atoms with Crippen LogP contribution in [0.1, 0.15) is 25.0 Å². The first-order chi connectivity index (χ1) is 16.6. The number of aromatic nitrogens is 3. The van der Waals surface area contributed by atoms with Gasteiger partial charge in [0.15, 0.2) is 5.65 Å². The zero-order valence-corrected chi connectivity index (χ0v) is 19.6. The van der Waals surface area contributed by atoms with Crippen molar-refractivity contribution in [3.63, 3.8) is 0 Å². The van der Waals surface area contributed by atoms with Gasteiger partial charge in [-0.3, -0.25) is 4.99 Å². The minimum Gasteiger partial charge on any atom is -0.383 e. The van der Waals surface area contributed by atoms with Crippen molar-refractivity contribution in [1.29, 1.82) is 0 Å². The molecule has 3 aromatic rings. The molecule has 176 valence electrons. The number of fused-ring (bicyclic) bond motifs is 2. The Morgan fingerprint density at radius 3 is 2.44 bits per heavy atom. The Morgan fingerprint density at radius 2 is 1.68 bits per heavy atom. The SMILES string of the molecule is C[C@H]1COCCN1c1nc(N2CCOC[C@@H]2C)c2ccc(-c3ccc4c(c3)CN=C4N)nc2n1. The summed E-state index contributed by atoms with van der Waals surface area (Å²) >= 11 is 0. The molecule has 34 heavy (non-hydrogen) atoms. The van der Waals surface area contributed by atoms with Crippen LogP contribution in [-0.2, 0) is 16.0 Å². The van der Waals surface area contributed by atoms with E-state index in [0.29, 0.717) is 50.4 Å². The topological polar surface area (TPSA) is 102 Å². The van der Waals surface area contributed by atoms with Gasteiger partial charge in [0.25, 0.3) is 0 Å². The molecule has 3 aliphatic rings. The Morgan fingerprint density at radius 1 is 0.912 bits per heavy atom. The van der Waals surface area contributed by atoms with Crippen LogP contribution in [0.25, 0.3) is 22.3 Å². The second-order valence-corrected chi connectivity index (χ2v) is 9.22. The number of rotatable bonds is 3. The molecule has 0 amide bonds. The number of nitrogens with zero attached hydrogens (tertiary/aromatic N) is 6. The molecular formula is C25H29N7O2. The highest BCUT2D eigenvalue weighted by molar-refractivity contribution is 6.01. The van der Waals surface area contributed by atoms with E-state index in [1.54, 1.807) is 0 Å². The number of benzene rings is 1. The quantitative estimate of drug-likeness (QED) is 0.637. The molecule has 0 spiro atoms. The van der Waals surface area contributed by atoms with Crippen molar-refractivity contribution in [2.45, 2.75) is 32.5 Å².